The maximum Gasteiger partial charge on any atom is 0.0639 e. The molecule has 2 N–H and O–H groups in total. The van der Waals surface area contributed by atoms with E-state index in [1.165, 1.54) is 5.56 Å². The van der Waals surface area contributed by atoms with Crippen molar-refractivity contribution in [2.45, 2.75) is 25.8 Å². The third-order valence-corrected chi connectivity index (χ3v) is 3.30. The Hall–Kier alpha value is -0.730. The second-order valence-corrected chi connectivity index (χ2v) is 4.69. The lowest BCUT2D eigenvalue weighted by Crippen LogP contribution is -2.39. The Morgan fingerprint density at radius 2 is 2.00 bits per heavy atom. The first-order valence-corrected chi connectivity index (χ1v) is 5.81. The molecule has 1 heterocycles. The first-order chi connectivity index (χ1) is 7.16. The number of rotatable bonds is 1. The van der Waals surface area contributed by atoms with Crippen LogP contribution < -0.4 is 10.6 Å². The summed E-state index contributed by atoms with van der Waals surface area (Å²) in [6, 6.07) is 6.53. The predicted octanol–water partition coefficient (Wildman–Crippen LogP) is 2.58. The van der Waals surface area contributed by atoms with Crippen molar-refractivity contribution in [1.82, 2.24) is 0 Å². The minimum absolute atomic E-state index is 0.366. The minimum atomic E-state index is 0.366. The first kappa shape index (κ1) is 10.8. The van der Waals surface area contributed by atoms with Crippen molar-refractivity contribution in [3.63, 3.8) is 0 Å². The van der Waals surface area contributed by atoms with E-state index >= 15 is 0 Å². The van der Waals surface area contributed by atoms with Crippen LogP contribution in [0.5, 0.6) is 0 Å². The quantitative estimate of drug-likeness (QED) is 0.795. The van der Waals surface area contributed by atoms with E-state index in [1.54, 1.807) is 0 Å². The Balaban J connectivity index is 2.18. The maximum atomic E-state index is 6.19. The van der Waals surface area contributed by atoms with Gasteiger partial charge in [-0.3, -0.25) is 0 Å². The molecule has 15 heavy (non-hydrogen) atoms. The van der Waals surface area contributed by atoms with Gasteiger partial charge < -0.3 is 10.6 Å². The number of piperidine rings is 1. The van der Waals surface area contributed by atoms with Crippen LogP contribution in [0.4, 0.5) is 5.69 Å². The van der Waals surface area contributed by atoms with E-state index in [4.69, 9.17) is 17.3 Å². The van der Waals surface area contributed by atoms with Gasteiger partial charge in [0.25, 0.3) is 0 Å². The zero-order valence-electron chi connectivity index (χ0n) is 9.04. The summed E-state index contributed by atoms with van der Waals surface area (Å²) in [5, 5.41) is 0.844. The molecule has 1 aromatic carbocycles. The molecule has 1 aromatic rings. The summed E-state index contributed by atoms with van der Waals surface area (Å²) in [4.78, 5) is 2.33. The van der Waals surface area contributed by atoms with Crippen molar-refractivity contribution in [2.24, 2.45) is 5.73 Å². The van der Waals surface area contributed by atoms with Crippen LogP contribution in [0, 0.1) is 6.92 Å². The Labute approximate surface area is 96.0 Å². The van der Waals surface area contributed by atoms with Gasteiger partial charge in [0.15, 0.2) is 0 Å². The fraction of sp³-hybridized carbons (Fsp3) is 0.500. The maximum absolute atomic E-state index is 6.19. The van der Waals surface area contributed by atoms with Crippen LogP contribution in [-0.2, 0) is 0 Å². The van der Waals surface area contributed by atoms with Crippen LogP contribution in [0.25, 0.3) is 0 Å². The highest BCUT2D eigenvalue weighted by atomic mass is 35.5. The molecule has 0 aromatic heterocycles. The van der Waals surface area contributed by atoms with Crippen LogP contribution >= 0.6 is 11.6 Å². The molecule has 0 saturated carbocycles. The number of hydrogen-bond acceptors (Lipinski definition) is 2. The van der Waals surface area contributed by atoms with Gasteiger partial charge in [-0.15, -0.1) is 0 Å². The number of nitrogens with two attached hydrogens (primary N) is 1. The predicted molar refractivity (Wildman–Crippen MR) is 65.6 cm³/mol. The Morgan fingerprint density at radius 3 is 2.67 bits per heavy atom. The highest BCUT2D eigenvalue weighted by Crippen LogP contribution is 2.28. The molecule has 0 aliphatic carbocycles. The number of anilines is 1. The van der Waals surface area contributed by atoms with Gasteiger partial charge in [0.1, 0.15) is 0 Å². The monoisotopic (exact) mass is 224 g/mol. The largest absolute Gasteiger partial charge is 0.370 e. The molecular formula is C12H17ClN2. The number of aryl methyl sites for hydroxylation is 1. The van der Waals surface area contributed by atoms with Gasteiger partial charge in [0.05, 0.1) is 10.7 Å². The van der Waals surface area contributed by atoms with Gasteiger partial charge in [-0.25, -0.2) is 0 Å². The summed E-state index contributed by atoms with van der Waals surface area (Å²) < 4.78 is 0. The van der Waals surface area contributed by atoms with Gasteiger partial charge in [0.2, 0.25) is 0 Å². The average molecular weight is 225 g/mol. The van der Waals surface area contributed by atoms with Crippen molar-refractivity contribution >= 4 is 17.3 Å². The molecule has 0 spiro atoms. The molecule has 1 saturated heterocycles. The van der Waals surface area contributed by atoms with Crippen LogP contribution in [0.1, 0.15) is 18.4 Å². The molecule has 0 unspecified atom stereocenters. The smallest absolute Gasteiger partial charge is 0.0639 e. The average Bonchev–Trinajstić information content (AvgIpc) is 2.23. The van der Waals surface area contributed by atoms with Crippen molar-refractivity contribution in [3.8, 4) is 0 Å². The van der Waals surface area contributed by atoms with Crippen LogP contribution in [0.2, 0.25) is 5.02 Å². The highest BCUT2D eigenvalue weighted by molar-refractivity contribution is 6.33. The summed E-state index contributed by atoms with van der Waals surface area (Å²) in [5.41, 5.74) is 8.29. The minimum Gasteiger partial charge on any atom is -0.370 e. The standard InChI is InChI=1S/C12H17ClN2/c1-9-2-3-11(13)12(8-9)15-6-4-10(14)5-7-15/h2-3,8,10H,4-7,14H2,1H3. The molecular weight excluding hydrogens is 208 g/mol. The Morgan fingerprint density at radius 1 is 1.33 bits per heavy atom. The zero-order valence-corrected chi connectivity index (χ0v) is 9.80. The number of hydrogen-bond donors (Lipinski definition) is 1. The third-order valence-electron chi connectivity index (χ3n) is 2.98. The van der Waals surface area contributed by atoms with E-state index in [-0.39, 0.29) is 0 Å². The van der Waals surface area contributed by atoms with Crippen LogP contribution in [0.15, 0.2) is 18.2 Å². The molecule has 1 fully saturated rings. The van der Waals surface area contributed by atoms with E-state index in [2.05, 4.69) is 17.9 Å². The van der Waals surface area contributed by atoms with Crippen LogP contribution in [-0.4, -0.2) is 19.1 Å². The highest BCUT2D eigenvalue weighted by Gasteiger charge is 2.17. The summed E-state index contributed by atoms with van der Waals surface area (Å²) in [5.74, 6) is 0. The van der Waals surface area contributed by atoms with E-state index in [1.807, 2.05) is 12.1 Å². The molecule has 1 aliphatic heterocycles. The SMILES string of the molecule is Cc1ccc(Cl)c(N2CCC(N)CC2)c1. The number of halogens is 1. The Bertz CT molecular complexity index is 343. The summed E-state index contributed by atoms with van der Waals surface area (Å²) in [7, 11) is 0. The molecule has 1 aliphatic rings. The fourth-order valence-corrected chi connectivity index (χ4v) is 2.24. The third kappa shape index (κ3) is 2.44. The first-order valence-electron chi connectivity index (χ1n) is 5.43. The van der Waals surface area contributed by atoms with Gasteiger partial charge in [-0.05, 0) is 37.5 Å². The number of nitrogens with zero attached hydrogens (tertiary/aromatic N) is 1. The molecule has 0 bridgehead atoms. The molecule has 2 nitrogen and oxygen atoms in total. The van der Waals surface area contributed by atoms with Crippen molar-refractivity contribution < 1.29 is 0 Å². The summed E-state index contributed by atoms with van der Waals surface area (Å²) in [6.45, 7) is 4.13. The van der Waals surface area contributed by atoms with E-state index in [0.717, 1.165) is 36.6 Å². The topological polar surface area (TPSA) is 29.3 Å². The van der Waals surface area contributed by atoms with Crippen molar-refractivity contribution in [2.75, 3.05) is 18.0 Å². The molecule has 0 atom stereocenters. The molecule has 3 heteroatoms. The normalized spacial score (nSPS) is 18.2. The fourth-order valence-electron chi connectivity index (χ4n) is 2.01. The summed E-state index contributed by atoms with van der Waals surface area (Å²) >= 11 is 6.19. The lowest BCUT2D eigenvalue weighted by atomic mass is 10.0. The Kier molecular flexibility index (Phi) is 3.17. The van der Waals surface area contributed by atoms with Gasteiger partial charge in [-0.2, -0.15) is 0 Å². The molecule has 2 rings (SSSR count). The van der Waals surface area contributed by atoms with Crippen LogP contribution in [0.3, 0.4) is 0 Å². The molecule has 0 radical (unpaired) electrons. The molecule has 82 valence electrons. The lowest BCUT2D eigenvalue weighted by Gasteiger charge is -2.32. The molecule has 0 amide bonds. The lowest BCUT2D eigenvalue weighted by molar-refractivity contribution is 0.501. The van der Waals surface area contributed by atoms with Gasteiger partial charge >= 0.3 is 0 Å². The van der Waals surface area contributed by atoms with Gasteiger partial charge in [0, 0.05) is 19.1 Å². The second-order valence-electron chi connectivity index (χ2n) is 4.28. The van der Waals surface area contributed by atoms with Gasteiger partial charge in [-0.1, -0.05) is 17.7 Å². The second kappa shape index (κ2) is 4.42. The summed E-state index contributed by atoms with van der Waals surface area (Å²) in [6.07, 6.45) is 2.12. The number of benzene rings is 1. The van der Waals surface area contributed by atoms with E-state index in [9.17, 15) is 0 Å². The zero-order chi connectivity index (χ0) is 10.8. The van der Waals surface area contributed by atoms with E-state index in [0.29, 0.717) is 6.04 Å². The van der Waals surface area contributed by atoms with Crippen molar-refractivity contribution in [3.05, 3.63) is 28.8 Å². The van der Waals surface area contributed by atoms with E-state index < -0.39 is 0 Å². The van der Waals surface area contributed by atoms with Crippen molar-refractivity contribution in [1.29, 1.82) is 0 Å².